The summed E-state index contributed by atoms with van der Waals surface area (Å²) in [6.07, 6.45) is 8.83. The van der Waals surface area contributed by atoms with E-state index in [9.17, 15) is 4.79 Å². The van der Waals surface area contributed by atoms with Gasteiger partial charge in [0, 0.05) is 10.9 Å². The number of hydrogen-bond donors (Lipinski definition) is 1. The molecule has 1 N–H and O–H groups in total. The molecular formula is C20H30ClNO. The Labute approximate surface area is 146 Å². The van der Waals surface area contributed by atoms with Gasteiger partial charge in [-0.15, -0.1) is 0 Å². The molecule has 1 aliphatic rings. The van der Waals surface area contributed by atoms with Crippen LogP contribution in [0.2, 0.25) is 5.02 Å². The lowest BCUT2D eigenvalue weighted by Gasteiger charge is -2.24. The summed E-state index contributed by atoms with van der Waals surface area (Å²) < 4.78 is 0. The van der Waals surface area contributed by atoms with Crippen LogP contribution in [0, 0.1) is 11.8 Å². The molecule has 1 fully saturated rings. The zero-order valence-electron chi connectivity index (χ0n) is 14.5. The predicted molar refractivity (Wildman–Crippen MR) is 98.0 cm³/mol. The summed E-state index contributed by atoms with van der Waals surface area (Å²) in [6, 6.07) is 7.75. The third-order valence-electron chi connectivity index (χ3n) is 4.93. The Morgan fingerprint density at radius 2 is 1.83 bits per heavy atom. The van der Waals surface area contributed by atoms with Crippen molar-refractivity contribution in [1.82, 2.24) is 5.32 Å². The number of carbonyl (C=O) groups excluding carboxylic acids is 1. The summed E-state index contributed by atoms with van der Waals surface area (Å²) in [6.45, 7) is 4.92. The van der Waals surface area contributed by atoms with Crippen molar-refractivity contribution in [1.29, 1.82) is 0 Å². The number of Topliss-reactive ketones (excluding diaryl/α,β-unsaturated/α-hetero) is 1. The topological polar surface area (TPSA) is 29.1 Å². The molecule has 3 heteroatoms. The van der Waals surface area contributed by atoms with E-state index in [2.05, 4.69) is 5.32 Å². The molecule has 0 saturated heterocycles. The van der Waals surface area contributed by atoms with Crippen LogP contribution in [0.5, 0.6) is 0 Å². The molecular weight excluding hydrogens is 306 g/mol. The van der Waals surface area contributed by atoms with Gasteiger partial charge in [-0.1, -0.05) is 69.7 Å². The fourth-order valence-electron chi connectivity index (χ4n) is 3.47. The monoisotopic (exact) mass is 335 g/mol. The van der Waals surface area contributed by atoms with Gasteiger partial charge in [-0.3, -0.25) is 4.79 Å². The summed E-state index contributed by atoms with van der Waals surface area (Å²) in [4.78, 5) is 12.5. The van der Waals surface area contributed by atoms with Crippen molar-refractivity contribution in [3.8, 4) is 0 Å². The van der Waals surface area contributed by atoms with E-state index in [0.29, 0.717) is 5.78 Å². The Balaban J connectivity index is 1.88. The van der Waals surface area contributed by atoms with Crippen LogP contribution in [-0.4, -0.2) is 18.4 Å². The summed E-state index contributed by atoms with van der Waals surface area (Å²) in [5, 5.41) is 4.27. The second kappa shape index (κ2) is 9.44. The number of benzene rings is 1. The maximum atomic E-state index is 12.5. The summed E-state index contributed by atoms with van der Waals surface area (Å²) in [7, 11) is 0. The molecule has 2 nitrogen and oxygen atoms in total. The van der Waals surface area contributed by atoms with Gasteiger partial charge >= 0.3 is 0 Å². The van der Waals surface area contributed by atoms with E-state index in [0.717, 1.165) is 23.9 Å². The van der Waals surface area contributed by atoms with Gasteiger partial charge in [0.25, 0.3) is 0 Å². The lowest BCUT2D eigenvalue weighted by Crippen LogP contribution is -2.41. The molecule has 2 rings (SSSR count). The van der Waals surface area contributed by atoms with Crippen LogP contribution in [0.4, 0.5) is 0 Å². The molecule has 128 valence electrons. The normalized spacial score (nSPS) is 17.4. The Bertz CT molecular complexity index is 477. The maximum absolute atomic E-state index is 12.5. The number of hydrogen-bond acceptors (Lipinski definition) is 2. The van der Waals surface area contributed by atoms with Crippen molar-refractivity contribution in [2.45, 2.75) is 64.8 Å². The molecule has 0 radical (unpaired) electrons. The van der Waals surface area contributed by atoms with Crippen molar-refractivity contribution < 1.29 is 4.79 Å². The van der Waals surface area contributed by atoms with Crippen LogP contribution >= 0.6 is 11.6 Å². The standard InChI is InChI=1S/C20H30ClNO/c1-15(2)20(23)19(14-17-8-10-18(21)11-9-17)22-13-12-16-6-4-3-5-7-16/h8-11,15-16,19,22H,3-7,12-14H2,1-2H3/t19-/m1/s1. The Kier molecular flexibility index (Phi) is 7.58. The maximum Gasteiger partial charge on any atom is 0.152 e. The molecule has 0 aromatic heterocycles. The van der Waals surface area contributed by atoms with Gasteiger partial charge < -0.3 is 5.32 Å². The minimum atomic E-state index is -0.0835. The minimum absolute atomic E-state index is 0.0643. The van der Waals surface area contributed by atoms with Crippen molar-refractivity contribution in [3.63, 3.8) is 0 Å². The number of carbonyl (C=O) groups is 1. The molecule has 23 heavy (non-hydrogen) atoms. The van der Waals surface area contributed by atoms with Gasteiger partial charge in [-0.25, -0.2) is 0 Å². The highest BCUT2D eigenvalue weighted by Crippen LogP contribution is 2.25. The first-order chi connectivity index (χ1) is 11.1. The van der Waals surface area contributed by atoms with Crippen LogP contribution in [-0.2, 0) is 11.2 Å². The molecule has 0 heterocycles. The van der Waals surface area contributed by atoms with Crippen molar-refractivity contribution in [3.05, 3.63) is 34.9 Å². The van der Waals surface area contributed by atoms with Gasteiger partial charge in [0.1, 0.15) is 0 Å². The summed E-state index contributed by atoms with van der Waals surface area (Å²) in [5.41, 5.74) is 1.17. The molecule has 0 amide bonds. The predicted octanol–water partition coefficient (Wildman–Crippen LogP) is 5.04. The van der Waals surface area contributed by atoms with E-state index in [4.69, 9.17) is 11.6 Å². The third kappa shape index (κ3) is 6.27. The Morgan fingerprint density at radius 1 is 1.17 bits per heavy atom. The van der Waals surface area contributed by atoms with Crippen molar-refractivity contribution >= 4 is 17.4 Å². The van der Waals surface area contributed by atoms with Gasteiger partial charge in [0.2, 0.25) is 0 Å². The van der Waals surface area contributed by atoms with E-state index in [1.165, 1.54) is 44.1 Å². The SMILES string of the molecule is CC(C)C(=O)[C@@H](Cc1ccc(Cl)cc1)NCCC1CCCCC1. The fraction of sp³-hybridized carbons (Fsp3) is 0.650. The number of nitrogens with one attached hydrogen (secondary N) is 1. The quantitative estimate of drug-likeness (QED) is 0.721. The fourth-order valence-corrected chi connectivity index (χ4v) is 3.60. The molecule has 1 saturated carbocycles. The second-order valence-electron chi connectivity index (χ2n) is 7.19. The van der Waals surface area contributed by atoms with Crippen molar-refractivity contribution in [2.75, 3.05) is 6.54 Å². The highest BCUT2D eigenvalue weighted by atomic mass is 35.5. The summed E-state index contributed by atoms with van der Waals surface area (Å²) in [5.74, 6) is 1.22. The molecule has 1 atom stereocenters. The third-order valence-corrected chi connectivity index (χ3v) is 5.19. The number of ketones is 1. The van der Waals surface area contributed by atoms with Gasteiger partial charge in [0.15, 0.2) is 5.78 Å². The second-order valence-corrected chi connectivity index (χ2v) is 7.62. The Morgan fingerprint density at radius 3 is 2.43 bits per heavy atom. The van der Waals surface area contributed by atoms with Crippen LogP contribution in [0.3, 0.4) is 0 Å². The van der Waals surface area contributed by atoms with Gasteiger partial charge in [-0.2, -0.15) is 0 Å². The first-order valence-corrected chi connectivity index (χ1v) is 9.45. The van der Waals surface area contributed by atoms with Gasteiger partial charge in [-0.05, 0) is 43.0 Å². The molecule has 0 aliphatic heterocycles. The zero-order valence-corrected chi connectivity index (χ0v) is 15.2. The minimum Gasteiger partial charge on any atom is -0.307 e. The zero-order chi connectivity index (χ0) is 16.7. The van der Waals surface area contributed by atoms with E-state index in [-0.39, 0.29) is 12.0 Å². The van der Waals surface area contributed by atoms with E-state index >= 15 is 0 Å². The van der Waals surface area contributed by atoms with Crippen LogP contribution in [0.1, 0.15) is 57.9 Å². The average molecular weight is 336 g/mol. The van der Waals surface area contributed by atoms with Crippen molar-refractivity contribution in [2.24, 2.45) is 11.8 Å². The number of halogens is 1. The summed E-state index contributed by atoms with van der Waals surface area (Å²) >= 11 is 5.95. The van der Waals surface area contributed by atoms with E-state index < -0.39 is 0 Å². The molecule has 1 aliphatic carbocycles. The molecule has 0 spiro atoms. The largest absolute Gasteiger partial charge is 0.307 e. The van der Waals surface area contributed by atoms with Gasteiger partial charge in [0.05, 0.1) is 6.04 Å². The highest BCUT2D eigenvalue weighted by molar-refractivity contribution is 6.30. The smallest absolute Gasteiger partial charge is 0.152 e. The molecule has 1 aromatic rings. The van der Waals surface area contributed by atoms with Crippen LogP contribution in [0.15, 0.2) is 24.3 Å². The first-order valence-electron chi connectivity index (χ1n) is 9.08. The Hall–Kier alpha value is -0.860. The lowest BCUT2D eigenvalue weighted by molar-refractivity contribution is -0.124. The average Bonchev–Trinajstić information content (AvgIpc) is 2.56. The number of rotatable bonds is 8. The first kappa shape index (κ1) is 18.5. The molecule has 0 unspecified atom stereocenters. The van der Waals surface area contributed by atoms with E-state index in [1.807, 2.05) is 38.1 Å². The van der Waals surface area contributed by atoms with Crippen LogP contribution in [0.25, 0.3) is 0 Å². The lowest BCUT2D eigenvalue weighted by atomic mass is 9.87. The van der Waals surface area contributed by atoms with Crippen LogP contribution < -0.4 is 5.32 Å². The van der Waals surface area contributed by atoms with E-state index in [1.54, 1.807) is 0 Å². The molecule has 1 aromatic carbocycles. The molecule has 0 bridgehead atoms. The highest BCUT2D eigenvalue weighted by Gasteiger charge is 2.22.